The Kier molecular flexibility index (Phi) is 2.75. The van der Waals surface area contributed by atoms with Gasteiger partial charge in [-0.1, -0.05) is 6.92 Å². The predicted octanol–water partition coefficient (Wildman–Crippen LogP) is 0.459. The molecule has 2 N–H and O–H groups in total. The maximum absolute atomic E-state index is 11.3. The highest BCUT2D eigenvalue weighted by molar-refractivity contribution is 7.89. The molecular formula is C9H16N4O2S. The molecule has 1 unspecified atom stereocenters. The fourth-order valence-corrected chi connectivity index (χ4v) is 2.64. The average Bonchev–Trinajstić information content (AvgIpc) is 2.93. The topological polar surface area (TPSA) is 90.9 Å². The molecule has 6 nitrogen and oxygen atoms in total. The normalized spacial score (nSPS) is 18.7. The van der Waals surface area contributed by atoms with Gasteiger partial charge in [-0.05, 0) is 25.7 Å². The monoisotopic (exact) mass is 244 g/mol. The van der Waals surface area contributed by atoms with Crippen LogP contribution in [0.1, 0.15) is 38.4 Å². The molecule has 0 spiro atoms. The lowest BCUT2D eigenvalue weighted by Crippen LogP contribution is -2.19. The Hall–Kier alpha value is -0.950. The van der Waals surface area contributed by atoms with Gasteiger partial charge in [0.25, 0.3) is 15.2 Å². The third-order valence-electron chi connectivity index (χ3n) is 3.05. The van der Waals surface area contributed by atoms with Crippen LogP contribution < -0.4 is 5.14 Å². The Morgan fingerprint density at radius 2 is 2.12 bits per heavy atom. The van der Waals surface area contributed by atoms with E-state index in [9.17, 15) is 8.42 Å². The summed E-state index contributed by atoms with van der Waals surface area (Å²) in [5.74, 6) is 1.60. The van der Waals surface area contributed by atoms with Crippen molar-refractivity contribution in [2.45, 2.75) is 44.3 Å². The minimum atomic E-state index is -3.77. The van der Waals surface area contributed by atoms with E-state index < -0.39 is 10.0 Å². The number of primary sulfonamides is 1. The molecule has 1 saturated carbocycles. The van der Waals surface area contributed by atoms with Crippen molar-refractivity contribution in [2.75, 3.05) is 0 Å². The van der Waals surface area contributed by atoms with Crippen LogP contribution in [0.4, 0.5) is 0 Å². The molecule has 1 heterocycles. The standard InChI is InChI=1S/C9H16N4O2S/c1-3-13-8(6(2)7-4-5-7)11-12-9(13)16(10,14)15/h6-7H,3-5H2,1-2H3,(H2,10,14,15). The summed E-state index contributed by atoms with van der Waals surface area (Å²) in [6.07, 6.45) is 2.37. The molecule has 16 heavy (non-hydrogen) atoms. The van der Waals surface area contributed by atoms with Crippen LogP contribution in [-0.2, 0) is 16.6 Å². The predicted molar refractivity (Wildman–Crippen MR) is 58.2 cm³/mol. The van der Waals surface area contributed by atoms with Crippen LogP contribution in [0.5, 0.6) is 0 Å². The number of nitrogens with two attached hydrogens (primary N) is 1. The van der Waals surface area contributed by atoms with Gasteiger partial charge in [0.1, 0.15) is 5.82 Å². The van der Waals surface area contributed by atoms with Crippen molar-refractivity contribution in [3.05, 3.63) is 5.82 Å². The molecule has 90 valence electrons. The van der Waals surface area contributed by atoms with Gasteiger partial charge in [-0.3, -0.25) is 0 Å². The van der Waals surface area contributed by atoms with E-state index in [2.05, 4.69) is 17.1 Å². The number of sulfonamides is 1. The number of nitrogens with zero attached hydrogens (tertiary/aromatic N) is 3. The summed E-state index contributed by atoms with van der Waals surface area (Å²) in [5.41, 5.74) is 0. The first-order valence-electron chi connectivity index (χ1n) is 5.41. The van der Waals surface area contributed by atoms with E-state index in [0.29, 0.717) is 12.5 Å². The molecule has 1 aromatic heterocycles. The third-order valence-corrected chi connectivity index (χ3v) is 3.86. The van der Waals surface area contributed by atoms with Crippen LogP contribution in [0.15, 0.2) is 5.16 Å². The summed E-state index contributed by atoms with van der Waals surface area (Å²) in [6, 6.07) is 0. The molecule has 0 aromatic carbocycles. The Morgan fingerprint density at radius 1 is 1.50 bits per heavy atom. The van der Waals surface area contributed by atoms with Gasteiger partial charge < -0.3 is 4.57 Å². The van der Waals surface area contributed by atoms with Crippen LogP contribution in [0.3, 0.4) is 0 Å². The smallest absolute Gasteiger partial charge is 0.273 e. The molecule has 1 aliphatic carbocycles. The van der Waals surface area contributed by atoms with Gasteiger partial charge in [-0.15, -0.1) is 10.2 Å². The Labute approximate surface area is 94.9 Å². The Bertz CT molecular complexity index is 490. The van der Waals surface area contributed by atoms with E-state index in [1.54, 1.807) is 4.57 Å². The molecule has 0 amide bonds. The van der Waals surface area contributed by atoms with Crippen LogP contribution >= 0.6 is 0 Å². The van der Waals surface area contributed by atoms with Crippen LogP contribution in [0.2, 0.25) is 0 Å². The van der Waals surface area contributed by atoms with Crippen molar-refractivity contribution in [2.24, 2.45) is 11.1 Å². The first-order valence-corrected chi connectivity index (χ1v) is 6.95. The maximum Gasteiger partial charge on any atom is 0.273 e. The zero-order valence-corrected chi connectivity index (χ0v) is 10.2. The molecular weight excluding hydrogens is 228 g/mol. The molecule has 0 bridgehead atoms. The van der Waals surface area contributed by atoms with Crippen molar-refractivity contribution >= 4 is 10.0 Å². The maximum atomic E-state index is 11.3. The molecule has 1 aliphatic rings. The molecule has 1 atom stereocenters. The van der Waals surface area contributed by atoms with E-state index in [1.807, 2.05) is 6.92 Å². The van der Waals surface area contributed by atoms with Gasteiger partial charge in [0.2, 0.25) is 0 Å². The lowest BCUT2D eigenvalue weighted by Gasteiger charge is -2.11. The summed E-state index contributed by atoms with van der Waals surface area (Å²) in [7, 11) is -3.77. The second-order valence-corrected chi connectivity index (χ2v) is 5.71. The quantitative estimate of drug-likeness (QED) is 0.833. The highest BCUT2D eigenvalue weighted by Crippen LogP contribution is 2.41. The second-order valence-electron chi connectivity index (χ2n) is 4.26. The van der Waals surface area contributed by atoms with Crippen LogP contribution in [-0.4, -0.2) is 23.2 Å². The lowest BCUT2D eigenvalue weighted by atomic mass is 10.1. The van der Waals surface area contributed by atoms with Gasteiger partial charge in [-0.25, -0.2) is 13.6 Å². The van der Waals surface area contributed by atoms with E-state index in [1.165, 1.54) is 12.8 Å². The molecule has 0 aliphatic heterocycles. The fraction of sp³-hybridized carbons (Fsp3) is 0.778. The van der Waals surface area contributed by atoms with E-state index in [-0.39, 0.29) is 11.1 Å². The van der Waals surface area contributed by atoms with Gasteiger partial charge in [0.15, 0.2) is 0 Å². The third kappa shape index (κ3) is 1.97. The molecule has 2 rings (SSSR count). The van der Waals surface area contributed by atoms with Crippen LogP contribution in [0.25, 0.3) is 0 Å². The van der Waals surface area contributed by atoms with Crippen molar-refractivity contribution < 1.29 is 8.42 Å². The van der Waals surface area contributed by atoms with Gasteiger partial charge in [0.05, 0.1) is 0 Å². The lowest BCUT2D eigenvalue weighted by molar-refractivity contribution is 0.535. The second kappa shape index (κ2) is 3.81. The number of aromatic nitrogens is 3. The van der Waals surface area contributed by atoms with Crippen molar-refractivity contribution in [3.8, 4) is 0 Å². The minimum Gasteiger partial charge on any atom is -0.301 e. The molecule has 1 aromatic rings. The molecule has 0 saturated heterocycles. The van der Waals surface area contributed by atoms with Gasteiger partial charge in [0, 0.05) is 12.5 Å². The number of hydrogen-bond acceptors (Lipinski definition) is 4. The Balaban J connectivity index is 2.43. The fourth-order valence-electron chi connectivity index (χ4n) is 1.95. The number of rotatable bonds is 4. The van der Waals surface area contributed by atoms with Crippen molar-refractivity contribution in [1.29, 1.82) is 0 Å². The van der Waals surface area contributed by atoms with E-state index in [4.69, 9.17) is 5.14 Å². The SMILES string of the molecule is CCn1c(C(C)C2CC2)nnc1S(N)(=O)=O. The average molecular weight is 244 g/mol. The van der Waals surface area contributed by atoms with Gasteiger partial charge in [-0.2, -0.15) is 0 Å². The van der Waals surface area contributed by atoms with E-state index >= 15 is 0 Å². The summed E-state index contributed by atoms with van der Waals surface area (Å²) in [5, 5.41) is 12.6. The summed E-state index contributed by atoms with van der Waals surface area (Å²) >= 11 is 0. The zero-order valence-electron chi connectivity index (χ0n) is 9.42. The van der Waals surface area contributed by atoms with Crippen molar-refractivity contribution in [1.82, 2.24) is 14.8 Å². The van der Waals surface area contributed by atoms with E-state index in [0.717, 1.165) is 5.82 Å². The largest absolute Gasteiger partial charge is 0.301 e. The first-order chi connectivity index (χ1) is 7.45. The summed E-state index contributed by atoms with van der Waals surface area (Å²) in [6.45, 7) is 4.44. The summed E-state index contributed by atoms with van der Waals surface area (Å²) < 4.78 is 24.2. The summed E-state index contributed by atoms with van der Waals surface area (Å²) in [4.78, 5) is 0. The molecule has 0 radical (unpaired) electrons. The van der Waals surface area contributed by atoms with Crippen molar-refractivity contribution in [3.63, 3.8) is 0 Å². The molecule has 1 fully saturated rings. The first kappa shape index (κ1) is 11.5. The van der Waals surface area contributed by atoms with Gasteiger partial charge >= 0.3 is 0 Å². The zero-order chi connectivity index (χ0) is 11.9. The minimum absolute atomic E-state index is 0.127. The highest BCUT2D eigenvalue weighted by atomic mass is 32.2. The molecule has 7 heteroatoms. The highest BCUT2D eigenvalue weighted by Gasteiger charge is 2.33. The van der Waals surface area contributed by atoms with Crippen LogP contribution in [0, 0.1) is 5.92 Å². The Morgan fingerprint density at radius 3 is 2.56 bits per heavy atom. The number of hydrogen-bond donors (Lipinski definition) is 1.